The molecule has 0 radical (unpaired) electrons. The standard InChI is InChI=1S/C13H17NO/c15-12-9-10-5-1-2-6-11(10)13(12)14-7-3-4-8-14/h1-2,5-6,12-13,15H,3-4,7-9H2/t12-,13+/m1/s1. The number of likely N-dealkylation sites (tertiary alicyclic amines) is 1. The van der Waals surface area contributed by atoms with Gasteiger partial charge in [-0.15, -0.1) is 0 Å². The van der Waals surface area contributed by atoms with Crippen LogP contribution in [0.25, 0.3) is 0 Å². The van der Waals surface area contributed by atoms with Gasteiger partial charge in [0.2, 0.25) is 0 Å². The maximum Gasteiger partial charge on any atom is 0.0777 e. The lowest BCUT2D eigenvalue weighted by atomic mass is 10.1. The van der Waals surface area contributed by atoms with Gasteiger partial charge in [0, 0.05) is 6.42 Å². The highest BCUT2D eigenvalue weighted by Crippen LogP contribution is 2.37. The first-order chi connectivity index (χ1) is 7.36. The molecule has 2 aliphatic rings. The van der Waals surface area contributed by atoms with Crippen molar-refractivity contribution in [2.75, 3.05) is 13.1 Å². The second-order valence-corrected chi connectivity index (χ2v) is 4.66. The van der Waals surface area contributed by atoms with Gasteiger partial charge < -0.3 is 5.11 Å². The van der Waals surface area contributed by atoms with Crippen LogP contribution >= 0.6 is 0 Å². The minimum Gasteiger partial charge on any atom is -0.391 e. The summed E-state index contributed by atoms with van der Waals surface area (Å²) in [7, 11) is 0. The molecule has 0 aromatic heterocycles. The third-order valence-corrected chi connectivity index (χ3v) is 3.70. The highest BCUT2D eigenvalue weighted by Gasteiger charge is 2.35. The van der Waals surface area contributed by atoms with Crippen molar-refractivity contribution < 1.29 is 5.11 Å². The fourth-order valence-corrected chi connectivity index (χ4v) is 3.01. The molecule has 2 nitrogen and oxygen atoms in total. The Labute approximate surface area is 90.5 Å². The van der Waals surface area contributed by atoms with Crippen LogP contribution in [0.5, 0.6) is 0 Å². The van der Waals surface area contributed by atoms with E-state index >= 15 is 0 Å². The minimum absolute atomic E-state index is 0.194. The van der Waals surface area contributed by atoms with E-state index in [9.17, 15) is 5.11 Å². The number of rotatable bonds is 1. The van der Waals surface area contributed by atoms with Gasteiger partial charge in [-0.3, -0.25) is 4.90 Å². The Morgan fingerprint density at radius 2 is 1.87 bits per heavy atom. The molecule has 1 aliphatic carbocycles. The molecule has 1 fully saturated rings. The van der Waals surface area contributed by atoms with Crippen LogP contribution in [0.1, 0.15) is 30.0 Å². The Kier molecular flexibility index (Phi) is 2.26. The van der Waals surface area contributed by atoms with Gasteiger partial charge in [0.25, 0.3) is 0 Å². The molecule has 2 atom stereocenters. The number of hydrogen-bond acceptors (Lipinski definition) is 2. The summed E-state index contributed by atoms with van der Waals surface area (Å²) in [5, 5.41) is 10.1. The fourth-order valence-electron chi connectivity index (χ4n) is 3.01. The predicted molar refractivity (Wildman–Crippen MR) is 59.7 cm³/mol. The van der Waals surface area contributed by atoms with E-state index in [4.69, 9.17) is 0 Å². The van der Waals surface area contributed by atoms with Crippen molar-refractivity contribution >= 4 is 0 Å². The van der Waals surface area contributed by atoms with Crippen molar-refractivity contribution in [3.63, 3.8) is 0 Å². The predicted octanol–water partition coefficient (Wildman–Crippen LogP) is 1.74. The quantitative estimate of drug-likeness (QED) is 0.751. The molecule has 3 rings (SSSR count). The zero-order valence-electron chi connectivity index (χ0n) is 8.89. The molecule has 15 heavy (non-hydrogen) atoms. The summed E-state index contributed by atoms with van der Waals surface area (Å²) in [6.45, 7) is 2.30. The van der Waals surface area contributed by atoms with Gasteiger partial charge in [0.15, 0.2) is 0 Å². The summed E-state index contributed by atoms with van der Waals surface area (Å²) in [5.41, 5.74) is 2.69. The molecule has 0 unspecified atom stereocenters. The average molecular weight is 203 g/mol. The number of hydrogen-bond donors (Lipinski definition) is 1. The maximum atomic E-state index is 10.1. The highest BCUT2D eigenvalue weighted by atomic mass is 16.3. The Balaban J connectivity index is 1.94. The molecule has 0 saturated carbocycles. The first-order valence-electron chi connectivity index (χ1n) is 5.86. The number of benzene rings is 1. The molecule has 1 saturated heterocycles. The normalized spacial score (nSPS) is 30.7. The Morgan fingerprint density at radius 3 is 2.67 bits per heavy atom. The van der Waals surface area contributed by atoms with Crippen molar-refractivity contribution in [2.24, 2.45) is 0 Å². The van der Waals surface area contributed by atoms with E-state index in [2.05, 4.69) is 29.2 Å². The minimum atomic E-state index is -0.194. The molecular formula is C13H17NO. The van der Waals surface area contributed by atoms with E-state index in [1.165, 1.54) is 24.0 Å². The summed E-state index contributed by atoms with van der Waals surface area (Å²) in [6.07, 6.45) is 3.20. The lowest BCUT2D eigenvalue weighted by Crippen LogP contribution is -2.31. The van der Waals surface area contributed by atoms with Crippen LogP contribution in [0, 0.1) is 0 Å². The lowest BCUT2D eigenvalue weighted by Gasteiger charge is -2.27. The van der Waals surface area contributed by atoms with Gasteiger partial charge in [0.1, 0.15) is 0 Å². The summed E-state index contributed by atoms with van der Waals surface area (Å²) in [4.78, 5) is 2.44. The van der Waals surface area contributed by atoms with Gasteiger partial charge in [-0.1, -0.05) is 24.3 Å². The van der Waals surface area contributed by atoms with Crippen LogP contribution in [0.15, 0.2) is 24.3 Å². The van der Waals surface area contributed by atoms with Crippen LogP contribution in [0.4, 0.5) is 0 Å². The van der Waals surface area contributed by atoms with Crippen LogP contribution in [0.3, 0.4) is 0 Å². The first-order valence-corrected chi connectivity index (χ1v) is 5.86. The number of aliphatic hydroxyl groups is 1. The summed E-state index contributed by atoms with van der Waals surface area (Å²) >= 11 is 0. The van der Waals surface area contributed by atoms with Crippen molar-refractivity contribution in [2.45, 2.75) is 31.4 Å². The van der Waals surface area contributed by atoms with Crippen LogP contribution < -0.4 is 0 Å². The number of nitrogens with zero attached hydrogens (tertiary/aromatic N) is 1. The summed E-state index contributed by atoms with van der Waals surface area (Å²) in [6, 6.07) is 8.74. The molecule has 1 N–H and O–H groups in total. The van der Waals surface area contributed by atoms with Gasteiger partial charge in [-0.05, 0) is 37.1 Å². The summed E-state index contributed by atoms with van der Waals surface area (Å²) in [5.74, 6) is 0. The van der Waals surface area contributed by atoms with Crippen molar-refractivity contribution in [3.8, 4) is 0 Å². The summed E-state index contributed by atoms with van der Waals surface area (Å²) < 4.78 is 0. The number of fused-ring (bicyclic) bond motifs is 1. The van der Waals surface area contributed by atoms with E-state index in [-0.39, 0.29) is 12.1 Å². The maximum absolute atomic E-state index is 10.1. The van der Waals surface area contributed by atoms with E-state index in [0.717, 1.165) is 19.5 Å². The smallest absolute Gasteiger partial charge is 0.0777 e. The van der Waals surface area contributed by atoms with Crippen molar-refractivity contribution in [1.29, 1.82) is 0 Å². The zero-order valence-corrected chi connectivity index (χ0v) is 8.89. The topological polar surface area (TPSA) is 23.5 Å². The van der Waals surface area contributed by atoms with Gasteiger partial charge >= 0.3 is 0 Å². The largest absolute Gasteiger partial charge is 0.391 e. The third-order valence-electron chi connectivity index (χ3n) is 3.70. The van der Waals surface area contributed by atoms with Crippen molar-refractivity contribution in [1.82, 2.24) is 4.90 Å². The molecule has 2 heteroatoms. The second-order valence-electron chi connectivity index (χ2n) is 4.66. The van der Waals surface area contributed by atoms with Gasteiger partial charge in [0.05, 0.1) is 12.1 Å². The SMILES string of the molecule is O[C@@H]1Cc2ccccc2[C@@H]1N1CCCC1. The van der Waals surface area contributed by atoms with Gasteiger partial charge in [-0.25, -0.2) is 0 Å². The lowest BCUT2D eigenvalue weighted by molar-refractivity contribution is 0.0753. The third kappa shape index (κ3) is 1.48. The van der Waals surface area contributed by atoms with Crippen molar-refractivity contribution in [3.05, 3.63) is 35.4 Å². The fraction of sp³-hybridized carbons (Fsp3) is 0.538. The molecular weight excluding hydrogens is 186 g/mol. The average Bonchev–Trinajstić information content (AvgIpc) is 2.82. The molecule has 1 aromatic rings. The molecule has 0 amide bonds. The molecule has 1 aromatic carbocycles. The Morgan fingerprint density at radius 1 is 1.13 bits per heavy atom. The Bertz CT molecular complexity index is 357. The highest BCUT2D eigenvalue weighted by molar-refractivity contribution is 5.36. The Hall–Kier alpha value is -0.860. The second kappa shape index (κ2) is 3.62. The first kappa shape index (κ1) is 9.37. The zero-order chi connectivity index (χ0) is 10.3. The van der Waals surface area contributed by atoms with E-state index in [1.807, 2.05) is 0 Å². The number of aliphatic hydroxyl groups excluding tert-OH is 1. The van der Waals surface area contributed by atoms with E-state index < -0.39 is 0 Å². The molecule has 1 heterocycles. The molecule has 0 bridgehead atoms. The molecule has 80 valence electrons. The van der Waals surface area contributed by atoms with Gasteiger partial charge in [-0.2, -0.15) is 0 Å². The monoisotopic (exact) mass is 203 g/mol. The molecule has 0 spiro atoms. The van der Waals surface area contributed by atoms with E-state index in [1.54, 1.807) is 0 Å². The van der Waals surface area contributed by atoms with Crippen LogP contribution in [0.2, 0.25) is 0 Å². The van der Waals surface area contributed by atoms with Crippen LogP contribution in [-0.4, -0.2) is 29.2 Å². The van der Waals surface area contributed by atoms with E-state index in [0.29, 0.717) is 0 Å². The molecule has 1 aliphatic heterocycles. The van der Waals surface area contributed by atoms with Crippen LogP contribution in [-0.2, 0) is 6.42 Å².